The third kappa shape index (κ3) is 1.53. The summed E-state index contributed by atoms with van der Waals surface area (Å²) in [5, 5.41) is 0.108. The van der Waals surface area contributed by atoms with E-state index in [0.717, 1.165) is 10.6 Å². The van der Waals surface area contributed by atoms with Gasteiger partial charge in [0, 0.05) is 0 Å². The van der Waals surface area contributed by atoms with Crippen molar-refractivity contribution in [2.24, 2.45) is 5.73 Å². The van der Waals surface area contributed by atoms with Gasteiger partial charge in [-0.1, -0.05) is 0 Å². The van der Waals surface area contributed by atoms with Gasteiger partial charge < -0.3 is 10.7 Å². The normalized spacial score (nSPS) is 12.9. The quantitative estimate of drug-likeness (QED) is 0.729. The molecule has 0 saturated heterocycles. The Kier molecular flexibility index (Phi) is 2.35. The lowest BCUT2D eigenvalue weighted by Gasteiger charge is -2.09. The number of aromatic nitrogens is 2. The van der Waals surface area contributed by atoms with Gasteiger partial charge in [-0.25, -0.2) is 13.8 Å². The molecular formula is C10H10FN3O2. The van der Waals surface area contributed by atoms with Crippen molar-refractivity contribution in [2.75, 3.05) is 0 Å². The maximum Gasteiger partial charge on any atom is 0.330 e. The van der Waals surface area contributed by atoms with Crippen molar-refractivity contribution >= 4 is 10.9 Å². The average molecular weight is 223 g/mol. The number of H-pyrrole nitrogens is 1. The molecule has 1 aromatic heterocycles. The molecule has 0 fully saturated rings. The fraction of sp³-hybridized carbons (Fsp3) is 0.200. The molecule has 1 aromatic carbocycles. The Morgan fingerprint density at radius 1 is 1.44 bits per heavy atom. The number of nitrogens with two attached hydrogens (primary N) is 1. The first-order valence-electron chi connectivity index (χ1n) is 4.70. The molecule has 2 aromatic rings. The van der Waals surface area contributed by atoms with E-state index in [2.05, 4.69) is 4.98 Å². The van der Waals surface area contributed by atoms with E-state index < -0.39 is 23.2 Å². The molecule has 1 heterocycles. The zero-order chi connectivity index (χ0) is 11.9. The van der Waals surface area contributed by atoms with Crippen molar-refractivity contribution in [3.05, 3.63) is 44.9 Å². The van der Waals surface area contributed by atoms with Crippen molar-refractivity contribution in [1.82, 2.24) is 9.55 Å². The van der Waals surface area contributed by atoms with Crippen molar-refractivity contribution in [3.8, 4) is 0 Å². The number of hydrogen-bond donors (Lipinski definition) is 2. The number of fused-ring (bicyclic) bond motifs is 1. The summed E-state index contributed by atoms with van der Waals surface area (Å²) in [5.74, 6) is -0.534. The molecule has 1 atom stereocenters. The van der Waals surface area contributed by atoms with Gasteiger partial charge in [0.1, 0.15) is 5.82 Å². The highest BCUT2D eigenvalue weighted by Gasteiger charge is 2.10. The van der Waals surface area contributed by atoms with Gasteiger partial charge in [-0.2, -0.15) is 0 Å². The molecular weight excluding hydrogens is 213 g/mol. The molecule has 0 radical (unpaired) electrons. The maximum atomic E-state index is 13.0. The van der Waals surface area contributed by atoms with Gasteiger partial charge >= 0.3 is 5.69 Å². The monoisotopic (exact) mass is 223 g/mol. The molecule has 0 aliphatic rings. The first-order valence-corrected chi connectivity index (χ1v) is 4.70. The lowest BCUT2D eigenvalue weighted by molar-refractivity contribution is 0.527. The second kappa shape index (κ2) is 3.57. The lowest BCUT2D eigenvalue weighted by Crippen LogP contribution is -2.40. The minimum atomic E-state index is -0.760. The van der Waals surface area contributed by atoms with E-state index in [4.69, 9.17) is 5.73 Å². The zero-order valence-electron chi connectivity index (χ0n) is 8.53. The van der Waals surface area contributed by atoms with Crippen molar-refractivity contribution in [1.29, 1.82) is 0 Å². The summed E-state index contributed by atoms with van der Waals surface area (Å²) in [7, 11) is 0. The van der Waals surface area contributed by atoms with Crippen molar-refractivity contribution in [3.63, 3.8) is 0 Å². The van der Waals surface area contributed by atoms with Crippen molar-refractivity contribution < 1.29 is 4.39 Å². The fourth-order valence-electron chi connectivity index (χ4n) is 1.57. The van der Waals surface area contributed by atoms with Gasteiger partial charge in [-0.15, -0.1) is 0 Å². The molecule has 6 heteroatoms. The van der Waals surface area contributed by atoms with Crippen LogP contribution < -0.4 is 17.0 Å². The third-order valence-corrected chi connectivity index (χ3v) is 2.30. The molecule has 0 amide bonds. The predicted molar refractivity (Wildman–Crippen MR) is 57.7 cm³/mol. The van der Waals surface area contributed by atoms with Gasteiger partial charge in [0.2, 0.25) is 0 Å². The summed E-state index contributed by atoms with van der Waals surface area (Å²) >= 11 is 0. The van der Waals surface area contributed by atoms with E-state index >= 15 is 0 Å². The van der Waals surface area contributed by atoms with Gasteiger partial charge in [0.05, 0.1) is 17.1 Å². The average Bonchev–Trinajstić information content (AvgIpc) is 2.19. The number of nitrogens with one attached hydrogen (secondary N) is 1. The van der Waals surface area contributed by atoms with Crippen LogP contribution in [0.1, 0.15) is 13.1 Å². The minimum absolute atomic E-state index is 0.108. The van der Waals surface area contributed by atoms with Gasteiger partial charge in [-0.3, -0.25) is 4.79 Å². The van der Waals surface area contributed by atoms with E-state index in [-0.39, 0.29) is 5.39 Å². The second-order valence-electron chi connectivity index (χ2n) is 3.54. The zero-order valence-corrected chi connectivity index (χ0v) is 8.53. The topological polar surface area (TPSA) is 80.9 Å². The van der Waals surface area contributed by atoms with E-state index in [1.165, 1.54) is 19.1 Å². The van der Waals surface area contributed by atoms with Crippen LogP contribution in [-0.4, -0.2) is 9.55 Å². The summed E-state index contributed by atoms with van der Waals surface area (Å²) in [5.41, 5.74) is 4.61. The van der Waals surface area contributed by atoms with Crippen molar-refractivity contribution in [2.45, 2.75) is 13.1 Å². The van der Waals surface area contributed by atoms with Gasteiger partial charge in [-0.05, 0) is 25.1 Å². The van der Waals surface area contributed by atoms with E-state index in [0.29, 0.717) is 5.52 Å². The molecule has 1 unspecified atom stereocenters. The van der Waals surface area contributed by atoms with Crippen LogP contribution >= 0.6 is 0 Å². The van der Waals surface area contributed by atoms with E-state index in [1.807, 2.05) is 0 Å². The Bertz CT molecular complexity index is 657. The molecule has 0 aliphatic carbocycles. The molecule has 3 N–H and O–H groups in total. The van der Waals surface area contributed by atoms with Crippen LogP contribution in [0.25, 0.3) is 10.9 Å². The van der Waals surface area contributed by atoms with Crippen LogP contribution in [0.5, 0.6) is 0 Å². The summed E-state index contributed by atoms with van der Waals surface area (Å²) in [6, 6.07) is 3.60. The number of halogens is 1. The molecule has 84 valence electrons. The second-order valence-corrected chi connectivity index (χ2v) is 3.54. The molecule has 16 heavy (non-hydrogen) atoms. The Morgan fingerprint density at radius 2 is 2.12 bits per heavy atom. The number of aromatic amines is 1. The molecule has 2 rings (SSSR count). The highest BCUT2D eigenvalue weighted by Crippen LogP contribution is 2.07. The number of benzene rings is 1. The largest absolute Gasteiger partial charge is 0.330 e. The number of hydrogen-bond acceptors (Lipinski definition) is 3. The summed E-state index contributed by atoms with van der Waals surface area (Å²) in [6.45, 7) is 1.50. The maximum absolute atomic E-state index is 13.0. The Hall–Kier alpha value is -1.95. The predicted octanol–water partition coefficient (Wildman–Crippen LogP) is 0.306. The van der Waals surface area contributed by atoms with Crippen LogP contribution in [-0.2, 0) is 0 Å². The van der Waals surface area contributed by atoms with Crippen LogP contribution in [0, 0.1) is 5.82 Å². The highest BCUT2D eigenvalue weighted by atomic mass is 19.1. The lowest BCUT2D eigenvalue weighted by atomic mass is 10.2. The summed E-state index contributed by atoms with van der Waals surface area (Å²) < 4.78 is 13.8. The standard InChI is InChI=1S/C10H10FN3O2/c1-5(12)14-9(15)7-4-6(11)2-3-8(7)13-10(14)16/h2-5H,12H2,1H3,(H,13,16). The van der Waals surface area contributed by atoms with Crippen LogP contribution in [0.4, 0.5) is 4.39 Å². The van der Waals surface area contributed by atoms with E-state index in [1.54, 1.807) is 0 Å². The first-order chi connectivity index (χ1) is 7.50. The summed E-state index contributed by atoms with van der Waals surface area (Å²) in [6.07, 6.45) is -0.760. The van der Waals surface area contributed by atoms with Crippen LogP contribution in [0.3, 0.4) is 0 Å². The smallest absolute Gasteiger partial charge is 0.311 e. The molecule has 0 aliphatic heterocycles. The van der Waals surface area contributed by atoms with Gasteiger partial charge in [0.15, 0.2) is 0 Å². The SMILES string of the molecule is CC(N)n1c(=O)[nH]c2ccc(F)cc2c1=O. The van der Waals surface area contributed by atoms with Crippen LogP contribution in [0.15, 0.2) is 27.8 Å². The van der Waals surface area contributed by atoms with Gasteiger partial charge in [0.25, 0.3) is 5.56 Å². The van der Waals surface area contributed by atoms with E-state index in [9.17, 15) is 14.0 Å². The minimum Gasteiger partial charge on any atom is -0.311 e. The third-order valence-electron chi connectivity index (χ3n) is 2.30. The Balaban J connectivity index is 2.97. The molecule has 0 saturated carbocycles. The van der Waals surface area contributed by atoms with Crippen LogP contribution in [0.2, 0.25) is 0 Å². The fourth-order valence-corrected chi connectivity index (χ4v) is 1.57. The Labute approximate surface area is 89.3 Å². The molecule has 0 bridgehead atoms. The Morgan fingerprint density at radius 3 is 2.75 bits per heavy atom. The first kappa shape index (κ1) is 10.6. The molecule has 5 nitrogen and oxygen atoms in total. The number of nitrogens with zero attached hydrogens (tertiary/aromatic N) is 1. The number of rotatable bonds is 1. The highest BCUT2D eigenvalue weighted by molar-refractivity contribution is 5.77. The molecule has 0 spiro atoms. The summed E-state index contributed by atoms with van der Waals surface area (Å²) in [4.78, 5) is 25.8.